The van der Waals surface area contributed by atoms with Gasteiger partial charge in [-0.1, -0.05) is 18.2 Å². The molecule has 2 rings (SSSR count). The molecule has 0 bridgehead atoms. The summed E-state index contributed by atoms with van der Waals surface area (Å²) >= 11 is 0. The lowest BCUT2D eigenvalue weighted by molar-refractivity contribution is 0.327. The van der Waals surface area contributed by atoms with Crippen LogP contribution in [0.5, 0.6) is 5.75 Å². The number of hydrogen-bond acceptors (Lipinski definition) is 4. The van der Waals surface area contributed by atoms with Gasteiger partial charge in [0, 0.05) is 37.6 Å². The molecule has 1 heterocycles. The molecule has 0 saturated heterocycles. The predicted molar refractivity (Wildman–Crippen MR) is 89.7 cm³/mol. The molecular weight excluding hydrogens is 314 g/mol. The van der Waals surface area contributed by atoms with Crippen molar-refractivity contribution in [1.82, 2.24) is 13.9 Å². The first-order chi connectivity index (χ1) is 11.0. The second-order valence-corrected chi connectivity index (χ2v) is 7.27. The molecule has 2 aromatic rings. The minimum absolute atomic E-state index is 0.318. The lowest BCUT2D eigenvalue weighted by Crippen LogP contribution is -2.31. The molecule has 6 nitrogen and oxygen atoms in total. The Hall–Kier alpha value is -1.86. The molecule has 0 atom stereocenters. The van der Waals surface area contributed by atoms with Gasteiger partial charge in [-0.25, -0.2) is 13.4 Å². The van der Waals surface area contributed by atoms with E-state index in [2.05, 4.69) is 4.98 Å². The summed E-state index contributed by atoms with van der Waals surface area (Å²) in [5, 5.41) is 0. The van der Waals surface area contributed by atoms with Crippen molar-refractivity contribution in [1.29, 1.82) is 0 Å². The van der Waals surface area contributed by atoms with Crippen LogP contribution in [0, 0.1) is 0 Å². The number of para-hydroxylation sites is 1. The smallest absolute Gasteiger partial charge is 0.211 e. The van der Waals surface area contributed by atoms with Crippen LogP contribution >= 0.6 is 0 Å². The van der Waals surface area contributed by atoms with Crippen molar-refractivity contribution in [2.75, 3.05) is 19.4 Å². The number of benzene rings is 1. The molecule has 126 valence electrons. The lowest BCUT2D eigenvalue weighted by atomic mass is 10.2. The summed E-state index contributed by atoms with van der Waals surface area (Å²) in [6.07, 6.45) is 7.28. The zero-order chi connectivity index (χ0) is 16.7. The molecule has 0 aliphatic rings. The molecule has 1 aromatic carbocycles. The molecule has 23 heavy (non-hydrogen) atoms. The second kappa shape index (κ2) is 8.12. The third-order valence-electron chi connectivity index (χ3n) is 3.47. The Morgan fingerprint density at radius 2 is 2.09 bits per heavy atom. The summed E-state index contributed by atoms with van der Waals surface area (Å²) in [6.45, 7) is 3.97. The highest BCUT2D eigenvalue weighted by atomic mass is 32.2. The minimum Gasteiger partial charge on any atom is -0.494 e. The summed E-state index contributed by atoms with van der Waals surface area (Å²) in [6, 6.07) is 7.55. The van der Waals surface area contributed by atoms with Crippen LogP contribution in [0.1, 0.15) is 18.9 Å². The van der Waals surface area contributed by atoms with Gasteiger partial charge in [-0.2, -0.15) is 4.31 Å². The minimum atomic E-state index is -3.28. The fourth-order valence-corrected chi connectivity index (χ4v) is 3.17. The van der Waals surface area contributed by atoms with E-state index in [-0.39, 0.29) is 0 Å². The standard InChI is InChI=1S/C16H23N3O3S/c1-3-22-16-8-5-4-7-15(16)13-19(23(2,20)21)11-6-10-18-12-9-17-14-18/h4-5,7-9,12,14H,3,6,10-11,13H2,1-2H3. The van der Waals surface area contributed by atoms with E-state index in [9.17, 15) is 8.42 Å². The van der Waals surface area contributed by atoms with E-state index >= 15 is 0 Å². The number of aromatic nitrogens is 2. The Kier molecular flexibility index (Phi) is 6.18. The molecule has 1 aromatic heterocycles. The van der Waals surface area contributed by atoms with Crippen molar-refractivity contribution in [2.24, 2.45) is 0 Å². The van der Waals surface area contributed by atoms with Crippen LogP contribution < -0.4 is 4.74 Å². The molecule has 0 spiro atoms. The summed E-state index contributed by atoms with van der Waals surface area (Å²) in [7, 11) is -3.28. The molecule has 7 heteroatoms. The van der Waals surface area contributed by atoms with Crippen molar-refractivity contribution in [3.05, 3.63) is 48.5 Å². The van der Waals surface area contributed by atoms with Gasteiger partial charge in [0.25, 0.3) is 0 Å². The van der Waals surface area contributed by atoms with E-state index in [0.29, 0.717) is 19.7 Å². The molecular formula is C16H23N3O3S. The molecule has 0 aliphatic heterocycles. The quantitative estimate of drug-likeness (QED) is 0.703. The Bertz CT molecular complexity index is 699. The van der Waals surface area contributed by atoms with Gasteiger partial charge in [-0.3, -0.25) is 0 Å². The van der Waals surface area contributed by atoms with Gasteiger partial charge < -0.3 is 9.30 Å². The average Bonchev–Trinajstić information content (AvgIpc) is 3.00. The largest absolute Gasteiger partial charge is 0.494 e. The average molecular weight is 337 g/mol. The fourth-order valence-electron chi connectivity index (χ4n) is 2.33. The molecule has 0 unspecified atom stereocenters. The van der Waals surface area contributed by atoms with E-state index in [1.165, 1.54) is 10.6 Å². The third kappa shape index (κ3) is 5.37. The van der Waals surface area contributed by atoms with E-state index in [4.69, 9.17) is 4.74 Å². The van der Waals surface area contributed by atoms with Crippen LogP contribution in [0.15, 0.2) is 43.0 Å². The first-order valence-electron chi connectivity index (χ1n) is 7.62. The monoisotopic (exact) mass is 337 g/mol. The fraction of sp³-hybridized carbons (Fsp3) is 0.438. The lowest BCUT2D eigenvalue weighted by Gasteiger charge is -2.21. The van der Waals surface area contributed by atoms with E-state index in [1.54, 1.807) is 12.5 Å². The normalized spacial score (nSPS) is 11.8. The van der Waals surface area contributed by atoms with Gasteiger partial charge in [-0.15, -0.1) is 0 Å². The molecule has 0 N–H and O–H groups in total. The van der Waals surface area contributed by atoms with Crippen LogP contribution in [0.3, 0.4) is 0 Å². The number of hydrogen-bond donors (Lipinski definition) is 0. The zero-order valence-electron chi connectivity index (χ0n) is 13.6. The first-order valence-corrected chi connectivity index (χ1v) is 9.47. The van der Waals surface area contributed by atoms with Crippen LogP contribution in [-0.4, -0.2) is 41.7 Å². The van der Waals surface area contributed by atoms with Gasteiger partial charge in [0.2, 0.25) is 10.0 Å². The van der Waals surface area contributed by atoms with E-state index in [1.807, 2.05) is 42.0 Å². The zero-order valence-corrected chi connectivity index (χ0v) is 14.4. The Balaban J connectivity index is 2.04. The van der Waals surface area contributed by atoms with Crippen molar-refractivity contribution >= 4 is 10.0 Å². The van der Waals surface area contributed by atoms with E-state index in [0.717, 1.165) is 24.3 Å². The van der Waals surface area contributed by atoms with Crippen LogP contribution in [0.2, 0.25) is 0 Å². The molecule has 0 aliphatic carbocycles. The second-order valence-electron chi connectivity index (χ2n) is 5.29. The van der Waals surface area contributed by atoms with Gasteiger partial charge in [0.15, 0.2) is 0 Å². The van der Waals surface area contributed by atoms with Crippen LogP contribution in [-0.2, 0) is 23.1 Å². The Morgan fingerprint density at radius 1 is 1.30 bits per heavy atom. The predicted octanol–water partition coefficient (Wildman–Crippen LogP) is 2.13. The number of sulfonamides is 1. The van der Waals surface area contributed by atoms with Gasteiger partial charge >= 0.3 is 0 Å². The Labute approximate surface area is 137 Å². The van der Waals surface area contributed by atoms with E-state index < -0.39 is 10.0 Å². The van der Waals surface area contributed by atoms with Gasteiger partial charge in [-0.05, 0) is 19.4 Å². The number of aryl methyl sites for hydroxylation is 1. The van der Waals surface area contributed by atoms with Crippen molar-refractivity contribution < 1.29 is 13.2 Å². The molecule has 0 amide bonds. The summed E-state index contributed by atoms with van der Waals surface area (Å²) in [4.78, 5) is 3.98. The van der Waals surface area contributed by atoms with Gasteiger partial charge in [0.1, 0.15) is 5.75 Å². The number of imidazole rings is 1. The Morgan fingerprint density at radius 3 is 2.74 bits per heavy atom. The number of rotatable bonds is 9. The SMILES string of the molecule is CCOc1ccccc1CN(CCCn1ccnc1)S(C)(=O)=O. The van der Waals surface area contributed by atoms with Crippen molar-refractivity contribution in [2.45, 2.75) is 26.4 Å². The molecule has 0 fully saturated rings. The van der Waals surface area contributed by atoms with Crippen LogP contribution in [0.4, 0.5) is 0 Å². The summed E-state index contributed by atoms with van der Waals surface area (Å²) < 4.78 is 33.1. The topological polar surface area (TPSA) is 64.4 Å². The first kappa shape index (κ1) is 17.5. The number of ether oxygens (including phenoxy) is 1. The van der Waals surface area contributed by atoms with Crippen molar-refractivity contribution in [3.63, 3.8) is 0 Å². The van der Waals surface area contributed by atoms with Crippen LogP contribution in [0.25, 0.3) is 0 Å². The molecule has 0 saturated carbocycles. The summed E-state index contributed by atoms with van der Waals surface area (Å²) in [5.74, 6) is 0.734. The highest BCUT2D eigenvalue weighted by Crippen LogP contribution is 2.21. The number of nitrogens with zero attached hydrogens (tertiary/aromatic N) is 3. The maximum Gasteiger partial charge on any atom is 0.211 e. The maximum atomic E-state index is 12.1. The maximum absolute atomic E-state index is 12.1. The summed E-state index contributed by atoms with van der Waals surface area (Å²) in [5.41, 5.74) is 0.877. The third-order valence-corrected chi connectivity index (χ3v) is 4.72. The molecule has 0 radical (unpaired) electrons. The van der Waals surface area contributed by atoms with Gasteiger partial charge in [0.05, 0.1) is 19.2 Å². The highest BCUT2D eigenvalue weighted by Gasteiger charge is 2.18. The highest BCUT2D eigenvalue weighted by molar-refractivity contribution is 7.88. The van der Waals surface area contributed by atoms with Crippen molar-refractivity contribution in [3.8, 4) is 5.75 Å².